The summed E-state index contributed by atoms with van der Waals surface area (Å²) in [6.07, 6.45) is 8.28. The zero-order valence-corrected chi connectivity index (χ0v) is 15.7. The molecule has 0 bridgehead atoms. The smallest absolute Gasteiger partial charge is 0.276 e. The Bertz CT molecular complexity index is 791. The largest absolute Gasteiger partial charge is 0.376 e. The molecule has 3 heterocycles. The maximum absolute atomic E-state index is 12.7. The minimum Gasteiger partial charge on any atom is -0.376 e. The summed E-state index contributed by atoms with van der Waals surface area (Å²) in [5.74, 6) is 0.351. The fourth-order valence-corrected chi connectivity index (χ4v) is 3.43. The molecule has 0 aromatic carbocycles. The van der Waals surface area contributed by atoms with Crippen molar-refractivity contribution < 1.29 is 9.53 Å². The van der Waals surface area contributed by atoms with Crippen molar-refractivity contribution in [3.8, 4) is 0 Å². The molecule has 1 atom stereocenters. The molecule has 1 aliphatic carbocycles. The molecule has 1 saturated carbocycles. The number of amides is 1. The van der Waals surface area contributed by atoms with Gasteiger partial charge in [-0.2, -0.15) is 10.2 Å². The number of carbonyl (C=O) groups is 1. The van der Waals surface area contributed by atoms with Gasteiger partial charge in [0.05, 0.1) is 30.1 Å². The number of nitrogens with one attached hydrogen (secondary N) is 1. The highest BCUT2D eigenvalue weighted by Gasteiger charge is 2.32. The number of hydrogen-bond acceptors (Lipinski definition) is 4. The topological polar surface area (TPSA) is 74.0 Å². The van der Waals surface area contributed by atoms with Gasteiger partial charge in [0.15, 0.2) is 5.69 Å². The van der Waals surface area contributed by atoms with E-state index in [9.17, 15) is 4.79 Å². The van der Waals surface area contributed by atoms with E-state index in [0.717, 1.165) is 31.7 Å². The van der Waals surface area contributed by atoms with Crippen LogP contribution in [0.25, 0.3) is 0 Å². The number of carbonyl (C=O) groups excluding carboxylic acids is 1. The summed E-state index contributed by atoms with van der Waals surface area (Å²) >= 11 is 0. The summed E-state index contributed by atoms with van der Waals surface area (Å²) in [6, 6.07) is 1.94. The number of hydrogen-bond donors (Lipinski definition) is 1. The fraction of sp³-hybridized carbons (Fsp3) is 0.632. The molecule has 26 heavy (non-hydrogen) atoms. The lowest BCUT2D eigenvalue weighted by molar-refractivity contribution is 0.0940. The zero-order chi connectivity index (χ0) is 18.3. The van der Waals surface area contributed by atoms with Gasteiger partial charge in [0.1, 0.15) is 0 Å². The Kier molecular flexibility index (Phi) is 4.34. The van der Waals surface area contributed by atoms with Crippen LogP contribution in [0.1, 0.15) is 68.6 Å². The van der Waals surface area contributed by atoms with Crippen molar-refractivity contribution in [2.24, 2.45) is 0 Å². The van der Waals surface area contributed by atoms with Crippen molar-refractivity contribution in [2.75, 3.05) is 11.9 Å². The molecule has 0 radical (unpaired) electrons. The second kappa shape index (κ2) is 6.54. The number of ether oxygens (including phenoxy) is 1. The summed E-state index contributed by atoms with van der Waals surface area (Å²) in [5.41, 5.74) is 2.18. The Morgan fingerprint density at radius 2 is 2.15 bits per heavy atom. The lowest BCUT2D eigenvalue weighted by Gasteiger charge is -2.22. The molecule has 1 amide bonds. The van der Waals surface area contributed by atoms with E-state index in [0.29, 0.717) is 17.3 Å². The third kappa shape index (κ3) is 3.67. The van der Waals surface area contributed by atoms with Gasteiger partial charge in [-0.3, -0.25) is 14.2 Å². The van der Waals surface area contributed by atoms with Crippen LogP contribution in [0.15, 0.2) is 18.5 Å². The number of nitrogens with zero attached hydrogens (tertiary/aromatic N) is 4. The van der Waals surface area contributed by atoms with Crippen LogP contribution in [-0.4, -0.2) is 38.2 Å². The maximum Gasteiger partial charge on any atom is 0.276 e. The lowest BCUT2D eigenvalue weighted by Crippen LogP contribution is -2.25. The number of rotatable bonds is 5. The monoisotopic (exact) mass is 357 g/mol. The number of aromatic nitrogens is 4. The predicted octanol–water partition coefficient (Wildman–Crippen LogP) is 3.14. The van der Waals surface area contributed by atoms with Crippen molar-refractivity contribution in [1.82, 2.24) is 19.6 Å². The van der Waals surface area contributed by atoms with Crippen molar-refractivity contribution in [3.63, 3.8) is 0 Å². The van der Waals surface area contributed by atoms with E-state index in [2.05, 4.69) is 36.3 Å². The Balaban J connectivity index is 1.45. The van der Waals surface area contributed by atoms with Crippen molar-refractivity contribution in [3.05, 3.63) is 29.8 Å². The van der Waals surface area contributed by atoms with Crippen LogP contribution in [0.2, 0.25) is 0 Å². The third-order valence-electron chi connectivity index (χ3n) is 4.91. The lowest BCUT2D eigenvalue weighted by atomic mass is 10.1. The van der Waals surface area contributed by atoms with Gasteiger partial charge in [0, 0.05) is 24.4 Å². The summed E-state index contributed by atoms with van der Waals surface area (Å²) in [7, 11) is 0. The average Bonchev–Trinajstić information content (AvgIpc) is 3.01. The normalized spacial score (nSPS) is 20.5. The van der Waals surface area contributed by atoms with E-state index < -0.39 is 0 Å². The van der Waals surface area contributed by atoms with Gasteiger partial charge < -0.3 is 10.1 Å². The molecular formula is C19H27N5O2. The summed E-state index contributed by atoms with van der Waals surface area (Å²) in [5, 5.41) is 11.8. The summed E-state index contributed by atoms with van der Waals surface area (Å²) < 4.78 is 9.46. The fourth-order valence-electron chi connectivity index (χ4n) is 3.43. The first-order valence-electron chi connectivity index (χ1n) is 9.46. The molecule has 140 valence electrons. The van der Waals surface area contributed by atoms with Crippen molar-refractivity contribution in [1.29, 1.82) is 0 Å². The first kappa shape index (κ1) is 17.3. The second-order valence-corrected chi connectivity index (χ2v) is 8.35. The third-order valence-corrected chi connectivity index (χ3v) is 4.91. The van der Waals surface area contributed by atoms with E-state index >= 15 is 0 Å². The van der Waals surface area contributed by atoms with E-state index in [1.165, 1.54) is 12.8 Å². The molecule has 1 N–H and O–H groups in total. The SMILES string of the molecule is CC(C)(C)n1nc(C(=O)Nc2cnn(C[C@H]3CCCO3)c2)cc1C1CC1. The van der Waals surface area contributed by atoms with Gasteiger partial charge in [-0.25, -0.2) is 0 Å². The first-order chi connectivity index (χ1) is 12.4. The predicted molar refractivity (Wildman–Crippen MR) is 98.4 cm³/mol. The van der Waals surface area contributed by atoms with Crippen LogP contribution < -0.4 is 5.32 Å². The Morgan fingerprint density at radius 3 is 2.81 bits per heavy atom. The molecule has 1 aliphatic heterocycles. The molecule has 2 aromatic rings. The standard InChI is InChI=1S/C19H27N5O2/c1-19(2,3)24-17(13-6-7-13)9-16(22-24)18(25)21-14-10-20-23(11-14)12-15-5-4-8-26-15/h9-11,13,15H,4-8,12H2,1-3H3,(H,21,25)/t15-/m1/s1. The average molecular weight is 357 g/mol. The van der Waals surface area contributed by atoms with Gasteiger partial charge in [0.2, 0.25) is 0 Å². The highest BCUT2D eigenvalue weighted by atomic mass is 16.5. The Labute approximate surface area is 153 Å². The van der Waals surface area contributed by atoms with Gasteiger partial charge in [0.25, 0.3) is 5.91 Å². The van der Waals surface area contributed by atoms with E-state index in [4.69, 9.17) is 4.74 Å². The summed E-state index contributed by atoms with van der Waals surface area (Å²) in [6.45, 7) is 7.89. The van der Waals surface area contributed by atoms with Gasteiger partial charge in [-0.15, -0.1) is 0 Å². The van der Waals surface area contributed by atoms with Crippen molar-refractivity contribution in [2.45, 2.75) is 70.6 Å². The zero-order valence-electron chi connectivity index (χ0n) is 15.7. The van der Waals surface area contributed by atoms with E-state index in [1.54, 1.807) is 6.20 Å². The number of anilines is 1. The highest BCUT2D eigenvalue weighted by Crippen LogP contribution is 2.41. The van der Waals surface area contributed by atoms with Crippen LogP contribution in [0, 0.1) is 0 Å². The molecule has 7 heteroatoms. The quantitative estimate of drug-likeness (QED) is 0.892. The van der Waals surface area contributed by atoms with E-state index in [-0.39, 0.29) is 17.6 Å². The minimum absolute atomic E-state index is 0.136. The molecule has 1 saturated heterocycles. The molecule has 0 unspecified atom stereocenters. The molecule has 2 aliphatic rings. The maximum atomic E-state index is 12.7. The molecular weight excluding hydrogens is 330 g/mol. The van der Waals surface area contributed by atoms with Crippen LogP contribution in [0.5, 0.6) is 0 Å². The van der Waals surface area contributed by atoms with Gasteiger partial charge in [-0.1, -0.05) is 0 Å². The van der Waals surface area contributed by atoms with Crippen molar-refractivity contribution >= 4 is 11.6 Å². The molecule has 2 fully saturated rings. The molecule has 7 nitrogen and oxygen atoms in total. The highest BCUT2D eigenvalue weighted by molar-refractivity contribution is 6.02. The van der Waals surface area contributed by atoms with E-state index in [1.807, 2.05) is 21.6 Å². The van der Waals surface area contributed by atoms with Crippen LogP contribution in [0.4, 0.5) is 5.69 Å². The Hall–Kier alpha value is -2.15. The Morgan fingerprint density at radius 1 is 1.35 bits per heavy atom. The van der Waals surface area contributed by atoms with Crippen LogP contribution in [0.3, 0.4) is 0 Å². The summed E-state index contributed by atoms with van der Waals surface area (Å²) in [4.78, 5) is 12.7. The van der Waals surface area contributed by atoms with Gasteiger partial charge >= 0.3 is 0 Å². The molecule has 2 aromatic heterocycles. The molecule has 0 spiro atoms. The van der Waals surface area contributed by atoms with Crippen LogP contribution in [-0.2, 0) is 16.8 Å². The first-order valence-corrected chi connectivity index (χ1v) is 9.46. The van der Waals surface area contributed by atoms with Crippen LogP contribution >= 0.6 is 0 Å². The minimum atomic E-state index is -0.188. The molecule has 4 rings (SSSR count). The van der Waals surface area contributed by atoms with Gasteiger partial charge in [-0.05, 0) is 52.5 Å². The second-order valence-electron chi connectivity index (χ2n) is 8.35.